The first-order valence-electron chi connectivity index (χ1n) is 3.53. The lowest BCUT2D eigenvalue weighted by molar-refractivity contribution is 0.414. The van der Waals surface area contributed by atoms with Crippen molar-refractivity contribution >= 4 is 15.9 Å². The van der Waals surface area contributed by atoms with Crippen LogP contribution < -0.4 is 0 Å². The highest BCUT2D eigenvalue weighted by Gasteiger charge is 1.96. The molecule has 0 saturated carbocycles. The zero-order valence-corrected chi connectivity index (χ0v) is 7.93. The molecule has 59 valence electrons. The Morgan fingerprint density at radius 2 is 2.18 bits per heavy atom. The normalized spacial score (nSPS) is 10.1. The number of halogens is 1. The summed E-state index contributed by atoms with van der Waals surface area (Å²) in [6.45, 7) is 3.20. The number of benzene rings is 1. The molecule has 0 aliphatic carbocycles. The van der Waals surface area contributed by atoms with Gasteiger partial charge in [-0.1, -0.05) is 28.9 Å². The molecule has 0 heterocycles. The molecule has 0 aliphatic rings. The summed E-state index contributed by atoms with van der Waals surface area (Å²) >= 11 is 3.36. The van der Waals surface area contributed by atoms with Gasteiger partial charge in [-0.05, 0) is 29.7 Å². The van der Waals surface area contributed by atoms with Gasteiger partial charge in [0.1, 0.15) is 6.61 Å². The summed E-state index contributed by atoms with van der Waals surface area (Å²) < 4.78 is 1.01. The first-order valence-corrected chi connectivity index (χ1v) is 4.32. The molecule has 0 fully saturated rings. The van der Waals surface area contributed by atoms with E-state index < -0.39 is 0 Å². The second-order valence-electron chi connectivity index (χ2n) is 2.38. The number of rotatable bonds is 2. The summed E-state index contributed by atoms with van der Waals surface area (Å²) in [5.41, 5.74) is 2.07. The highest BCUT2D eigenvalue weighted by molar-refractivity contribution is 9.10. The third-order valence-electron chi connectivity index (χ3n) is 1.54. The molecule has 0 spiro atoms. The topological polar surface area (TPSA) is 20.2 Å². The Bertz CT molecular complexity index is 223. The first kappa shape index (κ1) is 8.75. The van der Waals surface area contributed by atoms with Crippen LogP contribution in [0.15, 0.2) is 22.7 Å². The molecular weight excluding hydrogens is 204 g/mol. The van der Waals surface area contributed by atoms with Gasteiger partial charge >= 0.3 is 0 Å². The molecule has 0 aliphatic heterocycles. The predicted molar refractivity (Wildman–Crippen MR) is 48.9 cm³/mol. The molecule has 1 aromatic rings. The molecule has 0 amide bonds. The maximum Gasteiger partial charge on any atom is 0.109 e. The third-order valence-corrected chi connectivity index (χ3v) is 2.00. The maximum absolute atomic E-state index is 8.74. The van der Waals surface area contributed by atoms with E-state index in [1.54, 1.807) is 0 Å². The van der Waals surface area contributed by atoms with Crippen LogP contribution in [-0.4, -0.2) is 5.11 Å². The number of hydrogen-bond acceptors (Lipinski definition) is 1. The van der Waals surface area contributed by atoms with Crippen molar-refractivity contribution in [3.8, 4) is 0 Å². The minimum Gasteiger partial charge on any atom is -0.385 e. The largest absolute Gasteiger partial charge is 0.385 e. The molecule has 1 N–H and O–H groups in total. The van der Waals surface area contributed by atoms with Gasteiger partial charge in [-0.3, -0.25) is 0 Å². The Kier molecular flexibility index (Phi) is 3.09. The Hall–Kier alpha value is -0.340. The second kappa shape index (κ2) is 3.88. The number of hydrogen-bond donors (Lipinski definition) is 1. The van der Waals surface area contributed by atoms with E-state index in [0.29, 0.717) is 0 Å². The van der Waals surface area contributed by atoms with Gasteiger partial charge in [0.15, 0.2) is 0 Å². The van der Waals surface area contributed by atoms with Crippen molar-refractivity contribution in [3.63, 3.8) is 0 Å². The molecule has 0 atom stereocenters. The summed E-state index contributed by atoms with van der Waals surface area (Å²) in [6, 6.07) is 5.89. The van der Waals surface area contributed by atoms with E-state index in [0.717, 1.165) is 23.1 Å². The second-order valence-corrected chi connectivity index (χ2v) is 3.29. The highest BCUT2D eigenvalue weighted by Crippen LogP contribution is 2.16. The van der Waals surface area contributed by atoms with Crippen molar-refractivity contribution in [2.45, 2.75) is 13.3 Å². The van der Waals surface area contributed by atoms with Gasteiger partial charge in [0.25, 0.3) is 0 Å². The molecule has 0 saturated heterocycles. The van der Waals surface area contributed by atoms with Gasteiger partial charge in [0.2, 0.25) is 0 Å². The first-order chi connectivity index (χ1) is 5.26. The fourth-order valence-corrected chi connectivity index (χ4v) is 1.51. The van der Waals surface area contributed by atoms with Crippen molar-refractivity contribution < 1.29 is 5.11 Å². The molecule has 0 unspecified atom stereocenters. The van der Waals surface area contributed by atoms with Crippen molar-refractivity contribution in [3.05, 3.63) is 40.4 Å². The van der Waals surface area contributed by atoms with E-state index in [-0.39, 0.29) is 0 Å². The van der Waals surface area contributed by atoms with Crippen LogP contribution in [0.5, 0.6) is 0 Å². The van der Waals surface area contributed by atoms with Crippen LogP contribution in [-0.2, 0) is 6.42 Å². The highest BCUT2D eigenvalue weighted by atomic mass is 79.9. The van der Waals surface area contributed by atoms with Gasteiger partial charge < -0.3 is 5.11 Å². The van der Waals surface area contributed by atoms with Crippen molar-refractivity contribution in [2.75, 3.05) is 0 Å². The molecule has 1 aromatic carbocycles. The lowest BCUT2D eigenvalue weighted by Gasteiger charge is -2.01. The molecule has 0 bridgehead atoms. The van der Waals surface area contributed by atoms with Gasteiger partial charge in [-0.25, -0.2) is 0 Å². The van der Waals surface area contributed by atoms with E-state index in [2.05, 4.69) is 22.9 Å². The Labute approximate surface area is 75.2 Å². The van der Waals surface area contributed by atoms with E-state index in [4.69, 9.17) is 5.11 Å². The maximum atomic E-state index is 8.74. The summed E-state index contributed by atoms with van der Waals surface area (Å²) in [5, 5.41) is 8.74. The fourth-order valence-electron chi connectivity index (χ4n) is 0.954. The van der Waals surface area contributed by atoms with Crippen LogP contribution in [0.4, 0.5) is 0 Å². The van der Waals surface area contributed by atoms with Gasteiger partial charge in [0, 0.05) is 4.47 Å². The van der Waals surface area contributed by atoms with Crippen molar-refractivity contribution in [1.82, 2.24) is 0 Å². The smallest absolute Gasteiger partial charge is 0.109 e. The van der Waals surface area contributed by atoms with Crippen LogP contribution in [0.1, 0.15) is 18.1 Å². The summed E-state index contributed by atoms with van der Waals surface area (Å²) in [4.78, 5) is 0. The fraction of sp³-hybridized carbons (Fsp3) is 0.222. The van der Waals surface area contributed by atoms with Crippen LogP contribution in [0.3, 0.4) is 0 Å². The molecule has 0 aromatic heterocycles. The minimum absolute atomic E-state index is 0.844. The molecule has 2 heteroatoms. The van der Waals surface area contributed by atoms with Gasteiger partial charge in [0.05, 0.1) is 0 Å². The standard InChI is InChI=1S/C9H10BrO/c1-2-7-3-8(6-11)5-9(10)4-7/h3-6,11H,2H2,1H3. The molecular formula is C9H10BrO. The summed E-state index contributed by atoms with van der Waals surface area (Å²) in [6.07, 6.45) is 0.986. The number of aliphatic hydroxyl groups excluding tert-OH is 1. The van der Waals surface area contributed by atoms with Gasteiger partial charge in [-0.2, -0.15) is 0 Å². The Morgan fingerprint density at radius 3 is 2.73 bits per heavy atom. The summed E-state index contributed by atoms with van der Waals surface area (Å²) in [5.74, 6) is 0. The zero-order chi connectivity index (χ0) is 8.27. The van der Waals surface area contributed by atoms with Crippen LogP contribution in [0.25, 0.3) is 0 Å². The van der Waals surface area contributed by atoms with Crippen molar-refractivity contribution in [1.29, 1.82) is 0 Å². The Morgan fingerprint density at radius 1 is 1.45 bits per heavy atom. The van der Waals surface area contributed by atoms with Crippen molar-refractivity contribution in [2.24, 2.45) is 0 Å². The van der Waals surface area contributed by atoms with E-state index in [1.165, 1.54) is 5.56 Å². The van der Waals surface area contributed by atoms with E-state index in [9.17, 15) is 0 Å². The predicted octanol–water partition coefficient (Wildman–Crippen LogP) is 2.89. The van der Waals surface area contributed by atoms with Crippen LogP contribution in [0.2, 0.25) is 0 Å². The van der Waals surface area contributed by atoms with E-state index >= 15 is 0 Å². The average molecular weight is 214 g/mol. The molecule has 11 heavy (non-hydrogen) atoms. The third kappa shape index (κ3) is 2.31. The molecule has 1 nitrogen and oxygen atoms in total. The van der Waals surface area contributed by atoms with Crippen LogP contribution >= 0.6 is 15.9 Å². The number of aryl methyl sites for hydroxylation is 1. The lowest BCUT2D eigenvalue weighted by atomic mass is 10.1. The SMILES string of the molecule is CCc1cc(Br)cc([CH]O)c1. The lowest BCUT2D eigenvalue weighted by Crippen LogP contribution is -1.85. The van der Waals surface area contributed by atoms with Gasteiger partial charge in [-0.15, -0.1) is 0 Å². The number of aliphatic hydroxyl groups is 1. The quantitative estimate of drug-likeness (QED) is 0.802. The minimum atomic E-state index is 0.844. The van der Waals surface area contributed by atoms with Crippen LogP contribution in [0, 0.1) is 6.61 Å². The average Bonchev–Trinajstić information content (AvgIpc) is 2.03. The van der Waals surface area contributed by atoms with E-state index in [1.807, 2.05) is 18.2 Å². The summed E-state index contributed by atoms with van der Waals surface area (Å²) in [7, 11) is 0. The monoisotopic (exact) mass is 213 g/mol. The zero-order valence-electron chi connectivity index (χ0n) is 6.34. The molecule has 1 radical (unpaired) electrons. The Balaban J connectivity index is 3.02. The molecule has 1 rings (SSSR count).